The summed E-state index contributed by atoms with van der Waals surface area (Å²) in [4.78, 5) is 28.9. The van der Waals surface area contributed by atoms with E-state index in [-0.39, 0.29) is 28.1 Å². The van der Waals surface area contributed by atoms with Crippen molar-refractivity contribution >= 4 is 50.7 Å². The number of nitrogens with zero attached hydrogens (tertiary/aromatic N) is 2. The Labute approximate surface area is 252 Å². The highest BCUT2D eigenvalue weighted by Crippen LogP contribution is 2.32. The van der Waals surface area contributed by atoms with Gasteiger partial charge in [-0.25, -0.2) is 8.42 Å². The molecule has 3 aromatic carbocycles. The van der Waals surface area contributed by atoms with E-state index in [0.29, 0.717) is 17.2 Å². The number of ether oxygens (including phenoxy) is 1. The molecule has 1 atom stereocenters. The zero-order chi connectivity index (χ0) is 30.4. The summed E-state index contributed by atoms with van der Waals surface area (Å²) in [6.45, 7) is 6.85. The van der Waals surface area contributed by atoms with Crippen molar-refractivity contribution in [3.05, 3.63) is 88.4 Å². The van der Waals surface area contributed by atoms with Gasteiger partial charge in [0.25, 0.3) is 10.0 Å². The van der Waals surface area contributed by atoms with Crippen molar-refractivity contribution < 1.29 is 22.7 Å². The fourth-order valence-electron chi connectivity index (χ4n) is 4.22. The molecule has 0 radical (unpaired) electrons. The number of nitrogens with one attached hydrogen (secondary N) is 1. The number of rotatable bonds is 11. The first-order valence-corrected chi connectivity index (χ1v) is 15.2. The number of carbonyl (C=O) groups is 2. The lowest BCUT2D eigenvalue weighted by molar-refractivity contribution is -0.141. The number of amides is 2. The number of benzene rings is 3. The first-order valence-electron chi connectivity index (χ1n) is 13.0. The maximum absolute atomic E-state index is 14.1. The number of sulfonamides is 1. The van der Waals surface area contributed by atoms with E-state index in [1.807, 2.05) is 20.8 Å². The second kappa shape index (κ2) is 13.6. The van der Waals surface area contributed by atoms with Crippen LogP contribution in [0.25, 0.3) is 0 Å². The van der Waals surface area contributed by atoms with Gasteiger partial charge in [-0.1, -0.05) is 60.5 Å². The molecule has 0 aliphatic rings. The Kier molecular flexibility index (Phi) is 10.7. The SMILES string of the molecule is CC[C@@H](C(=O)NC(C)(C)C)N(Cc1ccc(Cl)cc1)C(=O)CN(c1ccc(OC)c(Cl)c1)S(=O)(=O)c1ccccc1. The molecule has 0 heterocycles. The topological polar surface area (TPSA) is 96.0 Å². The Hall–Kier alpha value is -3.27. The average molecular weight is 621 g/mol. The van der Waals surface area contributed by atoms with E-state index in [9.17, 15) is 18.0 Å². The van der Waals surface area contributed by atoms with Crippen molar-refractivity contribution in [2.75, 3.05) is 18.0 Å². The van der Waals surface area contributed by atoms with Gasteiger partial charge in [-0.15, -0.1) is 0 Å². The van der Waals surface area contributed by atoms with Crippen LogP contribution in [0, 0.1) is 0 Å². The maximum Gasteiger partial charge on any atom is 0.264 e. The van der Waals surface area contributed by atoms with Crippen LogP contribution < -0.4 is 14.4 Å². The van der Waals surface area contributed by atoms with Gasteiger partial charge in [0.1, 0.15) is 18.3 Å². The minimum atomic E-state index is -4.21. The van der Waals surface area contributed by atoms with Gasteiger partial charge < -0.3 is 15.0 Å². The Morgan fingerprint density at radius 2 is 1.61 bits per heavy atom. The minimum absolute atomic E-state index is 0.00140. The first kappa shape index (κ1) is 32.2. The lowest BCUT2D eigenvalue weighted by Gasteiger charge is -2.34. The standard InChI is InChI=1S/C30H35Cl2N3O5S/c1-6-26(29(37)33-30(2,3)4)34(19-21-12-14-22(31)15-13-21)28(36)20-35(23-16-17-27(40-5)25(32)18-23)41(38,39)24-10-8-7-9-11-24/h7-18,26H,6,19-20H2,1-5H3,(H,33,37)/t26-/m0/s1. The summed E-state index contributed by atoms with van der Waals surface area (Å²) in [7, 11) is -2.76. The van der Waals surface area contributed by atoms with Crippen LogP contribution in [0.3, 0.4) is 0 Å². The fourth-order valence-corrected chi connectivity index (χ4v) is 6.02. The van der Waals surface area contributed by atoms with Gasteiger partial charge in [0.05, 0.1) is 22.7 Å². The van der Waals surface area contributed by atoms with E-state index in [2.05, 4.69) is 5.32 Å². The van der Waals surface area contributed by atoms with Gasteiger partial charge >= 0.3 is 0 Å². The van der Waals surface area contributed by atoms with Crippen molar-refractivity contribution in [3.8, 4) is 5.75 Å². The molecule has 11 heteroatoms. The second-order valence-electron chi connectivity index (χ2n) is 10.5. The zero-order valence-corrected chi connectivity index (χ0v) is 26.1. The molecule has 0 aliphatic heterocycles. The molecule has 3 rings (SSSR count). The smallest absolute Gasteiger partial charge is 0.264 e. The molecule has 0 saturated carbocycles. The van der Waals surface area contributed by atoms with Crippen LogP contribution in [0.15, 0.2) is 77.7 Å². The predicted molar refractivity (Wildman–Crippen MR) is 163 cm³/mol. The van der Waals surface area contributed by atoms with Crippen molar-refractivity contribution in [1.29, 1.82) is 0 Å². The highest BCUT2D eigenvalue weighted by atomic mass is 35.5. The third kappa shape index (κ3) is 8.38. The molecule has 0 spiro atoms. The molecule has 0 unspecified atom stereocenters. The normalized spacial score (nSPS) is 12.4. The molecule has 41 heavy (non-hydrogen) atoms. The van der Waals surface area contributed by atoms with Crippen LogP contribution in [0.4, 0.5) is 5.69 Å². The highest BCUT2D eigenvalue weighted by Gasteiger charge is 2.34. The Morgan fingerprint density at radius 3 is 2.15 bits per heavy atom. The molecular weight excluding hydrogens is 585 g/mol. The third-order valence-corrected chi connectivity index (χ3v) is 8.52. The molecule has 220 valence electrons. The molecule has 8 nitrogen and oxygen atoms in total. The molecule has 3 aromatic rings. The summed E-state index contributed by atoms with van der Waals surface area (Å²) in [6.07, 6.45) is 0.307. The summed E-state index contributed by atoms with van der Waals surface area (Å²) < 4.78 is 34.0. The molecular formula is C30H35Cl2N3O5S. The number of hydrogen-bond acceptors (Lipinski definition) is 5. The maximum atomic E-state index is 14.1. The average Bonchev–Trinajstić information content (AvgIpc) is 2.92. The van der Waals surface area contributed by atoms with E-state index in [1.165, 1.54) is 42.3 Å². The van der Waals surface area contributed by atoms with Crippen molar-refractivity contribution in [2.45, 2.75) is 57.1 Å². The predicted octanol–water partition coefficient (Wildman–Crippen LogP) is 5.92. The molecule has 2 amide bonds. The lowest BCUT2D eigenvalue weighted by atomic mass is 10.1. The highest BCUT2D eigenvalue weighted by molar-refractivity contribution is 7.92. The molecule has 0 fully saturated rings. The third-order valence-electron chi connectivity index (χ3n) is 6.18. The largest absolute Gasteiger partial charge is 0.495 e. The number of hydrogen-bond donors (Lipinski definition) is 1. The summed E-state index contributed by atoms with van der Waals surface area (Å²) in [5.41, 5.74) is 0.364. The summed E-state index contributed by atoms with van der Waals surface area (Å²) in [5.74, 6) is -0.553. The van der Waals surface area contributed by atoms with Gasteiger partial charge in [0, 0.05) is 17.1 Å². The zero-order valence-electron chi connectivity index (χ0n) is 23.7. The van der Waals surface area contributed by atoms with Crippen molar-refractivity contribution in [1.82, 2.24) is 10.2 Å². The van der Waals surface area contributed by atoms with Crippen molar-refractivity contribution in [3.63, 3.8) is 0 Å². The quantitative estimate of drug-likeness (QED) is 0.287. The van der Waals surface area contributed by atoms with Gasteiger partial charge in [0.15, 0.2) is 0 Å². The summed E-state index contributed by atoms with van der Waals surface area (Å²) >= 11 is 12.4. The van der Waals surface area contributed by atoms with Crippen molar-refractivity contribution in [2.24, 2.45) is 0 Å². The Morgan fingerprint density at radius 1 is 0.976 bits per heavy atom. The van der Waals surface area contributed by atoms with E-state index in [0.717, 1.165) is 9.87 Å². The van der Waals surface area contributed by atoms with Crippen LogP contribution in [-0.4, -0.2) is 50.4 Å². The van der Waals surface area contributed by atoms with E-state index >= 15 is 0 Å². The van der Waals surface area contributed by atoms with Crippen LogP contribution in [0.5, 0.6) is 5.75 Å². The molecule has 0 saturated heterocycles. The van der Waals surface area contributed by atoms with E-state index in [1.54, 1.807) is 49.4 Å². The first-order chi connectivity index (χ1) is 19.3. The molecule has 0 aromatic heterocycles. The lowest BCUT2D eigenvalue weighted by Crippen LogP contribution is -2.55. The summed E-state index contributed by atoms with van der Waals surface area (Å²) in [6, 6.07) is 18.4. The molecule has 0 bridgehead atoms. The van der Waals surface area contributed by atoms with E-state index in [4.69, 9.17) is 27.9 Å². The second-order valence-corrected chi connectivity index (χ2v) is 13.2. The minimum Gasteiger partial charge on any atom is -0.495 e. The van der Waals surface area contributed by atoms with E-state index < -0.39 is 34.1 Å². The number of methoxy groups -OCH3 is 1. The Balaban J connectivity index is 2.09. The van der Waals surface area contributed by atoms with Gasteiger partial charge in [-0.05, 0) is 75.2 Å². The van der Waals surface area contributed by atoms with Crippen LogP contribution >= 0.6 is 23.2 Å². The van der Waals surface area contributed by atoms with Crippen LogP contribution in [0.1, 0.15) is 39.7 Å². The number of halogens is 2. The van der Waals surface area contributed by atoms with Gasteiger partial charge in [0.2, 0.25) is 11.8 Å². The number of carbonyl (C=O) groups excluding carboxylic acids is 2. The van der Waals surface area contributed by atoms with Gasteiger partial charge in [-0.2, -0.15) is 0 Å². The fraction of sp³-hybridized carbons (Fsp3) is 0.333. The monoisotopic (exact) mass is 619 g/mol. The van der Waals surface area contributed by atoms with Crippen LogP contribution in [0.2, 0.25) is 10.0 Å². The van der Waals surface area contributed by atoms with Crippen LogP contribution in [-0.2, 0) is 26.2 Å². The Bertz CT molecular complexity index is 1460. The van der Waals surface area contributed by atoms with Gasteiger partial charge in [-0.3, -0.25) is 13.9 Å². The summed E-state index contributed by atoms with van der Waals surface area (Å²) in [5, 5.41) is 3.65. The molecule has 0 aliphatic carbocycles. The molecule has 1 N–H and O–H groups in total. The number of anilines is 1.